The van der Waals surface area contributed by atoms with Crippen LogP contribution in [0, 0.1) is 5.92 Å². The summed E-state index contributed by atoms with van der Waals surface area (Å²) in [5, 5.41) is 14.4. The minimum Gasteiger partial charge on any atom is -0.494 e. The van der Waals surface area contributed by atoms with Gasteiger partial charge in [-0.3, -0.25) is 0 Å². The Morgan fingerprint density at radius 2 is 1.84 bits per heavy atom. The highest BCUT2D eigenvalue weighted by Crippen LogP contribution is 2.33. The van der Waals surface area contributed by atoms with Crippen LogP contribution in [0.15, 0.2) is 84.8 Å². The van der Waals surface area contributed by atoms with E-state index in [4.69, 9.17) is 18.9 Å². The normalized spacial score (nSPS) is 20.7. The number of aliphatic hydroxyl groups is 1. The first-order valence-corrected chi connectivity index (χ1v) is 17.1. The number of carbonyl (C=O) groups excluding carboxylic acids is 1. The molecule has 10 nitrogen and oxygen atoms in total. The van der Waals surface area contributed by atoms with Crippen molar-refractivity contribution in [3.8, 4) is 5.75 Å². The summed E-state index contributed by atoms with van der Waals surface area (Å²) in [6.45, 7) is 8.64. The number of unbranched alkanes of at least 4 members (excludes halogenated alkanes) is 3. The van der Waals surface area contributed by atoms with Crippen LogP contribution in [0.25, 0.3) is 0 Å². The number of hydrogen-bond donors (Lipinski definition) is 2. The maximum Gasteiger partial charge on any atom is 0.407 e. The number of hydrogen-bond acceptors (Lipinski definition) is 8. The Morgan fingerprint density at radius 3 is 2.62 bits per heavy atom. The Kier molecular flexibility index (Phi) is 13.5. The van der Waals surface area contributed by atoms with Crippen molar-refractivity contribution in [3.05, 3.63) is 85.5 Å². The van der Waals surface area contributed by atoms with Crippen LogP contribution in [-0.2, 0) is 30.7 Å². The number of alkyl carbamates (subject to hydrolysis) is 1. The van der Waals surface area contributed by atoms with Crippen LogP contribution in [0.2, 0.25) is 0 Å². The van der Waals surface area contributed by atoms with Gasteiger partial charge in [0.25, 0.3) is 0 Å². The smallest absolute Gasteiger partial charge is 0.407 e. The van der Waals surface area contributed by atoms with Gasteiger partial charge in [-0.25, -0.2) is 13.2 Å². The molecular formula is C34H46N2O8S. The fourth-order valence-corrected chi connectivity index (χ4v) is 7.07. The molecule has 2 heterocycles. The van der Waals surface area contributed by atoms with Crippen molar-refractivity contribution in [2.45, 2.75) is 74.4 Å². The molecule has 45 heavy (non-hydrogen) atoms. The molecule has 246 valence electrons. The number of nitrogens with zero attached hydrogens (tertiary/aromatic N) is 1. The Morgan fingerprint density at radius 1 is 1.07 bits per heavy atom. The highest BCUT2D eigenvalue weighted by Gasteiger charge is 2.44. The van der Waals surface area contributed by atoms with Gasteiger partial charge in [0.2, 0.25) is 10.0 Å². The number of fused-ring (bicyclic) bond motifs is 1. The van der Waals surface area contributed by atoms with Gasteiger partial charge in [-0.15, -0.1) is 13.2 Å². The molecule has 0 spiro atoms. The van der Waals surface area contributed by atoms with E-state index in [1.165, 1.54) is 16.4 Å². The second kappa shape index (κ2) is 17.5. The third kappa shape index (κ3) is 10.1. The molecule has 2 N–H and O–H groups in total. The number of rotatable bonds is 19. The van der Waals surface area contributed by atoms with Crippen molar-refractivity contribution in [2.75, 3.05) is 32.9 Å². The molecule has 1 unspecified atom stereocenters. The van der Waals surface area contributed by atoms with Gasteiger partial charge in [0, 0.05) is 19.2 Å². The Labute approximate surface area is 267 Å². The summed E-state index contributed by atoms with van der Waals surface area (Å²) in [5.74, 6) is 0.413. The topological polar surface area (TPSA) is 124 Å². The summed E-state index contributed by atoms with van der Waals surface area (Å²) < 4.78 is 51.9. The first-order chi connectivity index (χ1) is 21.8. The van der Waals surface area contributed by atoms with Gasteiger partial charge < -0.3 is 29.4 Å². The number of ether oxygens (including phenoxy) is 4. The molecule has 11 heteroatoms. The molecule has 4 rings (SSSR count). The van der Waals surface area contributed by atoms with Crippen LogP contribution in [-0.4, -0.2) is 81.4 Å². The molecule has 2 aromatic rings. The zero-order valence-electron chi connectivity index (χ0n) is 25.8. The number of allylic oxidation sites excluding steroid dienone is 2. The molecule has 2 aliphatic rings. The number of benzene rings is 2. The minimum absolute atomic E-state index is 0.0359. The molecular weight excluding hydrogens is 596 g/mol. The number of aliphatic hydroxyl groups excluding tert-OH is 1. The van der Waals surface area contributed by atoms with Crippen molar-refractivity contribution < 1.29 is 37.3 Å². The zero-order chi connectivity index (χ0) is 32.1. The highest BCUT2D eigenvalue weighted by atomic mass is 32.2. The van der Waals surface area contributed by atoms with E-state index in [9.17, 15) is 18.3 Å². The van der Waals surface area contributed by atoms with Crippen LogP contribution in [0.1, 0.15) is 44.1 Å². The van der Waals surface area contributed by atoms with Crippen molar-refractivity contribution >= 4 is 16.1 Å². The second-order valence-electron chi connectivity index (χ2n) is 11.4. The van der Waals surface area contributed by atoms with Crippen molar-refractivity contribution in [3.63, 3.8) is 0 Å². The molecule has 0 bridgehead atoms. The van der Waals surface area contributed by atoms with Gasteiger partial charge in [-0.05, 0) is 62.6 Å². The van der Waals surface area contributed by atoms with Gasteiger partial charge >= 0.3 is 6.09 Å². The fourth-order valence-electron chi connectivity index (χ4n) is 5.54. The largest absolute Gasteiger partial charge is 0.494 e. The lowest BCUT2D eigenvalue weighted by Gasteiger charge is -2.30. The number of sulfonamides is 1. The number of carbonyl (C=O) groups is 1. The SMILES string of the molecule is C=CCCCCN(C[C@@H](O)[C@H](Cc1ccccc1)NC(=O)O[C@H]1CO[C@H]2OCCC21)S(=O)(=O)c1cccc(OCCCC=C)c1. The number of nitrogens with one attached hydrogen (secondary N) is 1. The molecule has 0 saturated carbocycles. The van der Waals surface area contributed by atoms with Gasteiger partial charge in [0.1, 0.15) is 11.9 Å². The summed E-state index contributed by atoms with van der Waals surface area (Å²) in [6, 6.07) is 15.0. The lowest BCUT2D eigenvalue weighted by atomic mass is 10.0. The standard InChI is InChI=1S/C34H46N2O8S/c1-3-5-7-11-19-36(45(39,40)28-17-13-16-27(23-28)41-20-12-6-4-2)24-31(37)30(22-26-14-9-8-10-15-26)35-34(38)44-32-25-43-33-29(32)18-21-42-33/h3-4,8-10,13-17,23,29-33,37H,1-2,5-7,11-12,18-22,24-25H2,(H,35,38)/t29?,30-,31+,32-,33+/m0/s1. The summed E-state index contributed by atoms with van der Waals surface area (Å²) in [5.41, 5.74) is 0.872. The second-order valence-corrected chi connectivity index (χ2v) is 13.3. The minimum atomic E-state index is -4.03. The molecule has 0 radical (unpaired) electrons. The van der Waals surface area contributed by atoms with Crippen molar-refractivity contribution in [1.29, 1.82) is 0 Å². The quantitative estimate of drug-likeness (QED) is 0.165. The third-order valence-corrected chi connectivity index (χ3v) is 9.89. The van der Waals surface area contributed by atoms with Crippen LogP contribution >= 0.6 is 0 Å². The van der Waals surface area contributed by atoms with E-state index >= 15 is 0 Å². The average Bonchev–Trinajstić information content (AvgIpc) is 3.66. The summed E-state index contributed by atoms with van der Waals surface area (Å²) >= 11 is 0. The first kappa shape index (κ1) is 34.6. The molecule has 1 amide bonds. The monoisotopic (exact) mass is 642 g/mol. The molecule has 0 aliphatic carbocycles. The van der Waals surface area contributed by atoms with Gasteiger partial charge in [-0.1, -0.05) is 48.6 Å². The Bertz CT molecular complexity index is 1340. The molecule has 2 fully saturated rings. The van der Waals surface area contributed by atoms with E-state index in [1.807, 2.05) is 36.4 Å². The van der Waals surface area contributed by atoms with E-state index in [-0.39, 0.29) is 43.2 Å². The van der Waals surface area contributed by atoms with Gasteiger partial charge in [0.15, 0.2) is 6.29 Å². The van der Waals surface area contributed by atoms with E-state index in [0.717, 1.165) is 37.7 Å². The fraction of sp³-hybridized carbons (Fsp3) is 0.500. The maximum atomic E-state index is 14.0. The van der Waals surface area contributed by atoms with E-state index in [1.54, 1.807) is 18.2 Å². The summed E-state index contributed by atoms with van der Waals surface area (Å²) in [7, 11) is -4.03. The van der Waals surface area contributed by atoms with E-state index < -0.39 is 34.4 Å². The van der Waals surface area contributed by atoms with Crippen LogP contribution in [0.4, 0.5) is 4.79 Å². The molecule has 2 aliphatic heterocycles. The van der Waals surface area contributed by atoms with Gasteiger partial charge in [0.05, 0.1) is 42.8 Å². The van der Waals surface area contributed by atoms with Gasteiger partial charge in [-0.2, -0.15) is 4.31 Å². The Balaban J connectivity index is 1.50. The maximum absolute atomic E-state index is 14.0. The molecule has 5 atom stereocenters. The van der Waals surface area contributed by atoms with Crippen LogP contribution < -0.4 is 10.1 Å². The molecule has 0 aromatic heterocycles. The predicted molar refractivity (Wildman–Crippen MR) is 171 cm³/mol. The molecule has 2 aromatic carbocycles. The van der Waals surface area contributed by atoms with E-state index in [2.05, 4.69) is 18.5 Å². The van der Waals surface area contributed by atoms with E-state index in [0.29, 0.717) is 25.4 Å². The summed E-state index contributed by atoms with van der Waals surface area (Å²) in [4.78, 5) is 13.2. The number of amides is 1. The van der Waals surface area contributed by atoms with Crippen molar-refractivity contribution in [2.24, 2.45) is 5.92 Å². The lowest BCUT2D eigenvalue weighted by molar-refractivity contribution is -0.0907. The zero-order valence-corrected chi connectivity index (χ0v) is 26.6. The van der Waals surface area contributed by atoms with Crippen LogP contribution in [0.3, 0.4) is 0 Å². The predicted octanol–water partition coefficient (Wildman–Crippen LogP) is 4.84. The van der Waals surface area contributed by atoms with Crippen LogP contribution in [0.5, 0.6) is 5.75 Å². The summed E-state index contributed by atoms with van der Waals surface area (Å²) in [6.07, 6.45) is 5.45. The lowest BCUT2D eigenvalue weighted by Crippen LogP contribution is -2.51. The first-order valence-electron chi connectivity index (χ1n) is 15.7. The Hall–Kier alpha value is -3.22. The average molecular weight is 643 g/mol. The highest BCUT2D eigenvalue weighted by molar-refractivity contribution is 7.89. The molecule has 2 saturated heterocycles. The third-order valence-electron chi connectivity index (χ3n) is 8.03. The van der Waals surface area contributed by atoms with Crippen molar-refractivity contribution in [1.82, 2.24) is 9.62 Å².